The smallest absolute Gasteiger partial charge is 0.259 e. The highest BCUT2D eigenvalue weighted by Crippen LogP contribution is 2.31. The number of hydrogen-bond donors (Lipinski definition) is 1. The number of ether oxygens (including phenoxy) is 2. The Bertz CT molecular complexity index is 628. The summed E-state index contributed by atoms with van der Waals surface area (Å²) in [6.45, 7) is 0. The van der Waals surface area contributed by atoms with Crippen LogP contribution in [-0.4, -0.2) is 20.1 Å². The normalized spacial score (nSPS) is 9.95. The molecule has 2 aromatic carbocycles. The number of nitrogens with one attached hydrogen (secondary N) is 1. The van der Waals surface area contributed by atoms with Crippen molar-refractivity contribution >= 4 is 23.2 Å². The van der Waals surface area contributed by atoms with E-state index in [2.05, 4.69) is 5.32 Å². The molecule has 2 aromatic rings. The van der Waals surface area contributed by atoms with E-state index in [1.165, 1.54) is 14.2 Å². The Morgan fingerprint density at radius 3 is 2.45 bits per heavy atom. The number of methoxy groups -OCH3 is 2. The highest BCUT2D eigenvalue weighted by molar-refractivity contribution is 6.33. The lowest BCUT2D eigenvalue weighted by Crippen LogP contribution is -2.13. The number of halogens is 1. The van der Waals surface area contributed by atoms with Gasteiger partial charge in [0.1, 0.15) is 0 Å². The summed E-state index contributed by atoms with van der Waals surface area (Å²) in [4.78, 5) is 12.3. The van der Waals surface area contributed by atoms with E-state index in [0.29, 0.717) is 27.8 Å². The quantitative estimate of drug-likeness (QED) is 0.936. The number of carbonyl (C=O) groups is 1. The molecule has 5 heteroatoms. The molecule has 0 atom stereocenters. The summed E-state index contributed by atoms with van der Waals surface area (Å²) in [5.74, 6) is 0.577. The van der Waals surface area contributed by atoms with E-state index in [-0.39, 0.29) is 5.91 Å². The van der Waals surface area contributed by atoms with Crippen LogP contribution in [0.1, 0.15) is 10.4 Å². The van der Waals surface area contributed by atoms with E-state index >= 15 is 0 Å². The summed E-state index contributed by atoms with van der Waals surface area (Å²) in [5.41, 5.74) is 0.927. The summed E-state index contributed by atoms with van der Waals surface area (Å²) >= 11 is 6.02. The van der Waals surface area contributed by atoms with Crippen molar-refractivity contribution in [3.63, 3.8) is 0 Å². The topological polar surface area (TPSA) is 47.6 Å². The molecule has 20 heavy (non-hydrogen) atoms. The Hall–Kier alpha value is -2.20. The van der Waals surface area contributed by atoms with Crippen molar-refractivity contribution in [2.75, 3.05) is 19.5 Å². The van der Waals surface area contributed by atoms with E-state index in [0.717, 1.165) is 0 Å². The molecule has 0 spiro atoms. The van der Waals surface area contributed by atoms with Gasteiger partial charge in [0, 0.05) is 0 Å². The molecule has 2 rings (SSSR count). The van der Waals surface area contributed by atoms with Crippen LogP contribution >= 0.6 is 11.6 Å². The third kappa shape index (κ3) is 2.86. The van der Waals surface area contributed by atoms with Gasteiger partial charge in [-0.05, 0) is 24.3 Å². The van der Waals surface area contributed by atoms with E-state index in [1.807, 2.05) is 0 Å². The Labute approximate surface area is 122 Å². The monoisotopic (exact) mass is 291 g/mol. The van der Waals surface area contributed by atoms with Gasteiger partial charge in [-0.2, -0.15) is 0 Å². The molecule has 0 radical (unpaired) electrons. The second-order valence-corrected chi connectivity index (χ2v) is 4.38. The van der Waals surface area contributed by atoms with Crippen LogP contribution in [0.4, 0.5) is 5.69 Å². The van der Waals surface area contributed by atoms with Crippen molar-refractivity contribution < 1.29 is 14.3 Å². The van der Waals surface area contributed by atoms with Crippen LogP contribution in [0.3, 0.4) is 0 Å². The van der Waals surface area contributed by atoms with Crippen LogP contribution in [0.5, 0.6) is 11.5 Å². The second kappa shape index (κ2) is 6.30. The van der Waals surface area contributed by atoms with Crippen molar-refractivity contribution in [3.05, 3.63) is 53.1 Å². The Morgan fingerprint density at radius 1 is 1.05 bits per heavy atom. The summed E-state index contributed by atoms with van der Waals surface area (Å²) in [6, 6.07) is 12.1. The zero-order valence-electron chi connectivity index (χ0n) is 11.1. The predicted octanol–water partition coefficient (Wildman–Crippen LogP) is 3.61. The molecular weight excluding hydrogens is 278 g/mol. The SMILES string of the molecule is COc1cccc(C(=O)Nc2ccccc2Cl)c1OC. The standard InChI is InChI=1S/C15H14ClNO3/c1-19-13-9-5-6-10(14(13)20-2)15(18)17-12-8-4-3-7-11(12)16/h3-9H,1-2H3,(H,17,18). The third-order valence-electron chi connectivity index (χ3n) is 2.77. The lowest BCUT2D eigenvalue weighted by molar-refractivity contribution is 0.102. The van der Waals surface area contributed by atoms with Gasteiger partial charge in [-0.3, -0.25) is 4.79 Å². The number of benzene rings is 2. The maximum absolute atomic E-state index is 12.3. The van der Waals surface area contributed by atoms with Gasteiger partial charge in [-0.1, -0.05) is 29.8 Å². The van der Waals surface area contributed by atoms with Crippen LogP contribution in [0.25, 0.3) is 0 Å². The fraction of sp³-hybridized carbons (Fsp3) is 0.133. The van der Waals surface area contributed by atoms with Gasteiger partial charge in [-0.25, -0.2) is 0 Å². The zero-order chi connectivity index (χ0) is 14.5. The fourth-order valence-corrected chi connectivity index (χ4v) is 2.00. The van der Waals surface area contributed by atoms with Gasteiger partial charge in [0.2, 0.25) is 0 Å². The minimum Gasteiger partial charge on any atom is -0.493 e. The average molecular weight is 292 g/mol. The van der Waals surface area contributed by atoms with E-state index in [1.54, 1.807) is 42.5 Å². The van der Waals surface area contributed by atoms with Crippen molar-refractivity contribution in [2.45, 2.75) is 0 Å². The lowest BCUT2D eigenvalue weighted by atomic mass is 10.1. The van der Waals surface area contributed by atoms with Gasteiger partial charge in [-0.15, -0.1) is 0 Å². The van der Waals surface area contributed by atoms with Crippen molar-refractivity contribution in [3.8, 4) is 11.5 Å². The average Bonchev–Trinajstić information content (AvgIpc) is 2.48. The number of para-hydroxylation sites is 2. The van der Waals surface area contributed by atoms with E-state index in [9.17, 15) is 4.79 Å². The van der Waals surface area contributed by atoms with Gasteiger partial charge >= 0.3 is 0 Å². The van der Waals surface area contributed by atoms with Crippen molar-refractivity contribution in [2.24, 2.45) is 0 Å². The van der Waals surface area contributed by atoms with Crippen LogP contribution in [0.2, 0.25) is 5.02 Å². The first-order chi connectivity index (χ1) is 9.67. The molecule has 4 nitrogen and oxygen atoms in total. The Kier molecular flexibility index (Phi) is 4.48. The van der Waals surface area contributed by atoms with Crippen LogP contribution in [0, 0.1) is 0 Å². The van der Waals surface area contributed by atoms with Gasteiger partial charge in [0.25, 0.3) is 5.91 Å². The van der Waals surface area contributed by atoms with Gasteiger partial charge in [0.15, 0.2) is 11.5 Å². The summed E-state index contributed by atoms with van der Waals surface area (Å²) < 4.78 is 10.4. The second-order valence-electron chi connectivity index (χ2n) is 3.98. The Morgan fingerprint density at radius 2 is 1.80 bits per heavy atom. The van der Waals surface area contributed by atoms with Crippen molar-refractivity contribution in [1.82, 2.24) is 0 Å². The molecule has 0 bridgehead atoms. The molecule has 1 N–H and O–H groups in total. The molecule has 0 saturated carbocycles. The maximum atomic E-state index is 12.3. The predicted molar refractivity (Wildman–Crippen MR) is 79.0 cm³/mol. The first kappa shape index (κ1) is 14.2. The largest absolute Gasteiger partial charge is 0.493 e. The molecular formula is C15H14ClNO3. The molecule has 104 valence electrons. The first-order valence-electron chi connectivity index (χ1n) is 5.94. The van der Waals surface area contributed by atoms with Crippen molar-refractivity contribution in [1.29, 1.82) is 0 Å². The molecule has 1 amide bonds. The highest BCUT2D eigenvalue weighted by Gasteiger charge is 2.17. The summed E-state index contributed by atoms with van der Waals surface area (Å²) in [7, 11) is 3.01. The molecule has 0 aromatic heterocycles. The molecule has 0 heterocycles. The maximum Gasteiger partial charge on any atom is 0.259 e. The Balaban J connectivity index is 2.32. The number of carbonyl (C=O) groups excluding carboxylic acids is 1. The highest BCUT2D eigenvalue weighted by atomic mass is 35.5. The minimum absolute atomic E-state index is 0.311. The molecule has 0 unspecified atom stereocenters. The zero-order valence-corrected chi connectivity index (χ0v) is 11.9. The fourth-order valence-electron chi connectivity index (χ4n) is 1.82. The van der Waals surface area contributed by atoms with E-state index in [4.69, 9.17) is 21.1 Å². The molecule has 0 aliphatic rings. The molecule has 0 aliphatic carbocycles. The molecule has 0 aliphatic heterocycles. The molecule has 0 saturated heterocycles. The van der Waals surface area contributed by atoms with Crippen LogP contribution in [0.15, 0.2) is 42.5 Å². The number of amides is 1. The van der Waals surface area contributed by atoms with Gasteiger partial charge < -0.3 is 14.8 Å². The lowest BCUT2D eigenvalue weighted by Gasteiger charge is -2.13. The van der Waals surface area contributed by atoms with Gasteiger partial charge in [0.05, 0.1) is 30.5 Å². The first-order valence-corrected chi connectivity index (χ1v) is 6.32. The summed E-state index contributed by atoms with van der Waals surface area (Å²) in [6.07, 6.45) is 0. The van der Waals surface area contributed by atoms with E-state index < -0.39 is 0 Å². The van der Waals surface area contributed by atoms with Crippen LogP contribution < -0.4 is 14.8 Å². The molecule has 0 fully saturated rings. The number of anilines is 1. The summed E-state index contributed by atoms with van der Waals surface area (Å²) in [5, 5.41) is 3.22. The minimum atomic E-state index is -0.311. The number of hydrogen-bond acceptors (Lipinski definition) is 3. The third-order valence-corrected chi connectivity index (χ3v) is 3.10. The number of rotatable bonds is 4. The van der Waals surface area contributed by atoms with Crippen LogP contribution in [-0.2, 0) is 0 Å².